The van der Waals surface area contributed by atoms with Gasteiger partial charge in [0.25, 0.3) is 0 Å². The summed E-state index contributed by atoms with van der Waals surface area (Å²) in [6.07, 6.45) is 6.38. The first-order chi connectivity index (χ1) is 10.8. The highest BCUT2D eigenvalue weighted by atomic mass is 16.5. The van der Waals surface area contributed by atoms with Gasteiger partial charge in [0, 0.05) is 5.57 Å². The van der Waals surface area contributed by atoms with Crippen molar-refractivity contribution < 1.29 is 4.74 Å². The summed E-state index contributed by atoms with van der Waals surface area (Å²) < 4.78 is 5.75. The van der Waals surface area contributed by atoms with Crippen molar-refractivity contribution in [2.75, 3.05) is 7.11 Å². The van der Waals surface area contributed by atoms with Gasteiger partial charge in [0.05, 0.1) is 7.11 Å². The first-order valence-electron chi connectivity index (χ1n) is 7.70. The summed E-state index contributed by atoms with van der Waals surface area (Å²) in [5.41, 5.74) is 6.29. The molecule has 0 spiro atoms. The lowest BCUT2D eigenvalue weighted by Gasteiger charge is -2.21. The highest BCUT2D eigenvalue weighted by Gasteiger charge is 2.18. The van der Waals surface area contributed by atoms with E-state index in [1.165, 1.54) is 27.8 Å². The number of benzene rings is 2. The molecule has 0 saturated carbocycles. The van der Waals surface area contributed by atoms with Crippen LogP contribution in [-0.2, 0) is 11.2 Å². The predicted octanol–water partition coefficient (Wildman–Crippen LogP) is 5.13. The first kappa shape index (κ1) is 14.6. The Hall–Kier alpha value is -2.28. The van der Waals surface area contributed by atoms with Gasteiger partial charge in [0.2, 0.25) is 0 Å². The SMILES string of the molecule is COC1=C(Cc2ccccc2)[CH]CC=C1c1ccc(C)cc1. The Morgan fingerprint density at radius 2 is 1.68 bits per heavy atom. The van der Waals surface area contributed by atoms with E-state index in [-0.39, 0.29) is 0 Å². The van der Waals surface area contributed by atoms with Crippen molar-refractivity contribution in [2.45, 2.75) is 19.8 Å². The average molecular weight is 289 g/mol. The molecule has 0 unspecified atom stereocenters. The number of rotatable bonds is 4. The zero-order valence-electron chi connectivity index (χ0n) is 13.2. The molecule has 0 atom stereocenters. The van der Waals surface area contributed by atoms with Gasteiger partial charge in [-0.2, -0.15) is 0 Å². The number of methoxy groups -OCH3 is 1. The van der Waals surface area contributed by atoms with Gasteiger partial charge in [-0.15, -0.1) is 0 Å². The minimum absolute atomic E-state index is 0.910. The third kappa shape index (κ3) is 3.14. The van der Waals surface area contributed by atoms with Crippen LogP contribution in [0, 0.1) is 13.3 Å². The fourth-order valence-corrected chi connectivity index (χ4v) is 2.87. The number of hydrogen-bond acceptors (Lipinski definition) is 1. The van der Waals surface area contributed by atoms with E-state index < -0.39 is 0 Å². The van der Waals surface area contributed by atoms with Crippen LogP contribution in [0.25, 0.3) is 5.57 Å². The minimum atomic E-state index is 0.910. The molecule has 0 saturated heterocycles. The van der Waals surface area contributed by atoms with Gasteiger partial charge in [-0.25, -0.2) is 0 Å². The van der Waals surface area contributed by atoms with Crippen molar-refractivity contribution in [2.24, 2.45) is 0 Å². The zero-order chi connectivity index (χ0) is 15.4. The normalized spacial score (nSPS) is 14.7. The van der Waals surface area contributed by atoms with Crippen molar-refractivity contribution in [3.8, 4) is 0 Å². The summed E-state index contributed by atoms with van der Waals surface area (Å²) in [5.74, 6) is 0.999. The second kappa shape index (κ2) is 6.65. The molecule has 22 heavy (non-hydrogen) atoms. The van der Waals surface area contributed by atoms with Gasteiger partial charge < -0.3 is 4.74 Å². The molecule has 2 aromatic rings. The smallest absolute Gasteiger partial charge is 0.126 e. The van der Waals surface area contributed by atoms with Crippen molar-refractivity contribution in [1.29, 1.82) is 0 Å². The Kier molecular flexibility index (Phi) is 4.43. The molecule has 1 nitrogen and oxygen atoms in total. The van der Waals surface area contributed by atoms with Crippen LogP contribution in [0.2, 0.25) is 0 Å². The fourth-order valence-electron chi connectivity index (χ4n) is 2.87. The summed E-state index contributed by atoms with van der Waals surface area (Å²) in [4.78, 5) is 0. The topological polar surface area (TPSA) is 9.23 Å². The Balaban J connectivity index is 1.94. The molecule has 3 rings (SSSR count). The van der Waals surface area contributed by atoms with E-state index in [2.05, 4.69) is 74.0 Å². The van der Waals surface area contributed by atoms with Crippen LogP contribution in [0.1, 0.15) is 23.1 Å². The highest BCUT2D eigenvalue weighted by Crippen LogP contribution is 2.34. The minimum Gasteiger partial charge on any atom is -0.496 e. The van der Waals surface area contributed by atoms with Gasteiger partial charge in [0.15, 0.2) is 0 Å². The second-order valence-corrected chi connectivity index (χ2v) is 5.64. The molecular formula is C21H21O. The van der Waals surface area contributed by atoms with Crippen LogP contribution in [0.4, 0.5) is 0 Å². The Bertz CT molecular complexity index is 690. The largest absolute Gasteiger partial charge is 0.496 e. The summed E-state index contributed by atoms with van der Waals surface area (Å²) >= 11 is 0. The van der Waals surface area contributed by atoms with Crippen LogP contribution in [0.5, 0.6) is 0 Å². The molecule has 1 aliphatic carbocycles. The van der Waals surface area contributed by atoms with E-state index in [9.17, 15) is 0 Å². The quantitative estimate of drug-likeness (QED) is 0.758. The van der Waals surface area contributed by atoms with Crippen molar-refractivity contribution >= 4 is 5.57 Å². The number of ether oxygens (including phenoxy) is 1. The van der Waals surface area contributed by atoms with E-state index in [0.717, 1.165) is 18.6 Å². The summed E-state index contributed by atoms with van der Waals surface area (Å²) in [6, 6.07) is 19.2. The first-order valence-corrected chi connectivity index (χ1v) is 7.70. The molecule has 0 N–H and O–H groups in total. The average Bonchev–Trinajstić information content (AvgIpc) is 2.56. The third-order valence-electron chi connectivity index (χ3n) is 4.03. The molecule has 0 fully saturated rings. The summed E-state index contributed by atoms with van der Waals surface area (Å²) in [7, 11) is 1.77. The van der Waals surface area contributed by atoms with Gasteiger partial charge in [-0.1, -0.05) is 66.2 Å². The molecule has 0 bridgehead atoms. The number of allylic oxidation sites excluding steroid dienone is 3. The van der Waals surface area contributed by atoms with Crippen LogP contribution < -0.4 is 0 Å². The standard InChI is InChI=1S/C21H21O/c1-16-11-13-18(14-12-16)20-10-6-9-19(21(20)22-2)15-17-7-4-3-5-8-17/h3-5,7-14H,6,15H2,1-2H3. The maximum absolute atomic E-state index is 5.75. The second-order valence-electron chi connectivity index (χ2n) is 5.64. The van der Waals surface area contributed by atoms with Crippen molar-refractivity contribution in [1.82, 2.24) is 0 Å². The van der Waals surface area contributed by atoms with Gasteiger partial charge in [-0.05, 0) is 42.9 Å². The summed E-state index contributed by atoms with van der Waals surface area (Å²) in [5, 5.41) is 0. The maximum Gasteiger partial charge on any atom is 0.126 e. The van der Waals surface area contributed by atoms with Crippen LogP contribution in [0.15, 0.2) is 72.0 Å². The lowest BCUT2D eigenvalue weighted by molar-refractivity contribution is 0.305. The van der Waals surface area contributed by atoms with Gasteiger partial charge >= 0.3 is 0 Å². The van der Waals surface area contributed by atoms with Crippen LogP contribution in [0.3, 0.4) is 0 Å². The molecule has 111 valence electrons. The molecule has 0 aliphatic heterocycles. The van der Waals surface area contributed by atoms with Gasteiger partial charge in [0.1, 0.15) is 5.76 Å². The molecule has 0 amide bonds. The maximum atomic E-state index is 5.75. The fraction of sp³-hybridized carbons (Fsp3) is 0.190. The Morgan fingerprint density at radius 3 is 2.36 bits per heavy atom. The number of hydrogen-bond donors (Lipinski definition) is 0. The molecule has 0 aromatic heterocycles. The van der Waals surface area contributed by atoms with E-state index in [0.29, 0.717) is 0 Å². The predicted molar refractivity (Wildman–Crippen MR) is 92.3 cm³/mol. The Labute approximate surface area is 133 Å². The van der Waals surface area contributed by atoms with Crippen molar-refractivity contribution in [3.05, 3.63) is 95.1 Å². The lowest BCUT2D eigenvalue weighted by atomic mass is 9.89. The monoisotopic (exact) mass is 289 g/mol. The van der Waals surface area contributed by atoms with Gasteiger partial charge in [-0.3, -0.25) is 0 Å². The van der Waals surface area contributed by atoms with E-state index in [4.69, 9.17) is 4.74 Å². The Morgan fingerprint density at radius 1 is 0.955 bits per heavy atom. The van der Waals surface area contributed by atoms with E-state index in [1.54, 1.807) is 7.11 Å². The molecule has 1 heteroatoms. The molecular weight excluding hydrogens is 268 g/mol. The van der Waals surface area contributed by atoms with Crippen LogP contribution in [-0.4, -0.2) is 7.11 Å². The highest BCUT2D eigenvalue weighted by molar-refractivity contribution is 5.80. The summed E-state index contributed by atoms with van der Waals surface area (Å²) in [6.45, 7) is 2.11. The molecule has 2 aromatic carbocycles. The van der Waals surface area contributed by atoms with E-state index >= 15 is 0 Å². The van der Waals surface area contributed by atoms with Crippen molar-refractivity contribution in [3.63, 3.8) is 0 Å². The third-order valence-corrected chi connectivity index (χ3v) is 4.03. The number of aryl methyl sites for hydroxylation is 1. The lowest BCUT2D eigenvalue weighted by Crippen LogP contribution is -2.06. The molecule has 1 radical (unpaired) electrons. The van der Waals surface area contributed by atoms with E-state index in [1.807, 2.05) is 0 Å². The zero-order valence-corrected chi connectivity index (χ0v) is 13.2. The molecule has 1 aliphatic rings. The molecule has 0 heterocycles. The van der Waals surface area contributed by atoms with Crippen LogP contribution >= 0.6 is 0 Å².